The molecule has 2 aromatic rings. The molecule has 0 radical (unpaired) electrons. The minimum atomic E-state index is -0.201. The van der Waals surface area contributed by atoms with Gasteiger partial charge in [-0.05, 0) is 25.0 Å². The second-order valence-corrected chi connectivity index (χ2v) is 5.40. The number of carbonyl (C=O) groups is 1. The average molecular weight is 313 g/mol. The van der Waals surface area contributed by atoms with Crippen LogP contribution < -0.4 is 14.4 Å². The molecule has 1 aliphatic heterocycles. The van der Waals surface area contributed by atoms with E-state index in [1.54, 1.807) is 37.8 Å². The van der Waals surface area contributed by atoms with Crippen molar-refractivity contribution in [3.63, 3.8) is 0 Å². The predicted octanol–water partition coefficient (Wildman–Crippen LogP) is 2.31. The Bertz CT molecular complexity index is 655. The highest BCUT2D eigenvalue weighted by molar-refractivity contribution is 5.76. The van der Waals surface area contributed by atoms with Gasteiger partial charge in [0.25, 0.3) is 0 Å². The molecule has 1 fully saturated rings. The molecule has 1 aromatic heterocycles. The van der Waals surface area contributed by atoms with Gasteiger partial charge in [-0.25, -0.2) is 4.98 Å². The van der Waals surface area contributed by atoms with Crippen LogP contribution in [0, 0.1) is 5.92 Å². The van der Waals surface area contributed by atoms with Gasteiger partial charge in [0.1, 0.15) is 5.82 Å². The van der Waals surface area contributed by atoms with Crippen LogP contribution in [0.3, 0.4) is 0 Å². The maximum absolute atomic E-state index is 12.4. The van der Waals surface area contributed by atoms with Gasteiger partial charge in [-0.15, -0.1) is 0 Å². The summed E-state index contributed by atoms with van der Waals surface area (Å²) in [4.78, 5) is 22.9. The zero-order valence-electron chi connectivity index (χ0n) is 13.0. The van der Waals surface area contributed by atoms with Gasteiger partial charge in [0.05, 0.1) is 19.2 Å². The van der Waals surface area contributed by atoms with Crippen molar-refractivity contribution in [2.45, 2.75) is 12.8 Å². The lowest BCUT2D eigenvalue weighted by Crippen LogP contribution is -2.38. The van der Waals surface area contributed by atoms with Crippen LogP contribution in [-0.2, 0) is 4.79 Å². The van der Waals surface area contributed by atoms with Crippen molar-refractivity contribution < 1.29 is 14.3 Å². The summed E-state index contributed by atoms with van der Waals surface area (Å²) < 4.78 is 10.7. The van der Waals surface area contributed by atoms with Crippen LogP contribution in [0.15, 0.2) is 42.9 Å². The number of aromatic nitrogens is 2. The quantitative estimate of drug-likeness (QED) is 0.637. The number of benzene rings is 1. The Balaban J connectivity index is 1.58. The summed E-state index contributed by atoms with van der Waals surface area (Å²) in [5.74, 6) is 1.58. The van der Waals surface area contributed by atoms with Crippen molar-refractivity contribution in [1.29, 1.82) is 0 Å². The van der Waals surface area contributed by atoms with E-state index in [-0.39, 0.29) is 11.9 Å². The Labute approximate surface area is 135 Å². The number of hydrogen-bond acceptors (Lipinski definition) is 6. The van der Waals surface area contributed by atoms with Crippen molar-refractivity contribution in [3.05, 3.63) is 42.9 Å². The topological polar surface area (TPSA) is 64.6 Å². The second-order valence-electron chi connectivity index (χ2n) is 5.40. The van der Waals surface area contributed by atoms with Crippen LogP contribution in [0.25, 0.3) is 0 Å². The van der Waals surface area contributed by atoms with Gasteiger partial charge in [-0.1, -0.05) is 12.1 Å². The molecule has 0 N–H and O–H groups in total. The molecule has 0 atom stereocenters. The minimum Gasteiger partial charge on any atom is -0.493 e. The molecule has 3 rings (SSSR count). The zero-order chi connectivity index (χ0) is 16.1. The SMILES string of the molecule is COc1ccccc1OC(=O)C1CCN(c2cnccn2)CC1. The fourth-order valence-corrected chi connectivity index (χ4v) is 2.69. The normalized spacial score (nSPS) is 15.3. The first-order valence-corrected chi connectivity index (χ1v) is 7.63. The third kappa shape index (κ3) is 3.59. The lowest BCUT2D eigenvalue weighted by Gasteiger charge is -2.31. The van der Waals surface area contributed by atoms with E-state index in [1.807, 2.05) is 12.1 Å². The van der Waals surface area contributed by atoms with Crippen molar-refractivity contribution in [2.24, 2.45) is 5.92 Å². The molecule has 0 aliphatic carbocycles. The van der Waals surface area contributed by atoms with E-state index < -0.39 is 0 Å². The number of rotatable bonds is 4. The molecule has 1 aromatic carbocycles. The molecule has 6 nitrogen and oxygen atoms in total. The van der Waals surface area contributed by atoms with Crippen molar-refractivity contribution in [3.8, 4) is 11.5 Å². The van der Waals surface area contributed by atoms with E-state index in [9.17, 15) is 4.79 Å². The number of ether oxygens (including phenoxy) is 2. The Morgan fingerprint density at radius 3 is 2.57 bits per heavy atom. The Hall–Kier alpha value is -2.63. The highest BCUT2D eigenvalue weighted by Gasteiger charge is 2.27. The van der Waals surface area contributed by atoms with Gasteiger partial charge in [-0.2, -0.15) is 0 Å². The summed E-state index contributed by atoms with van der Waals surface area (Å²) in [6, 6.07) is 7.18. The standard InChI is InChI=1S/C17H19N3O3/c1-22-14-4-2-3-5-15(14)23-17(21)13-6-10-20(11-7-13)16-12-18-8-9-19-16/h2-5,8-9,12-13H,6-7,10-11H2,1H3. The van der Waals surface area contributed by atoms with Gasteiger partial charge >= 0.3 is 5.97 Å². The number of piperidine rings is 1. The molecule has 1 saturated heterocycles. The summed E-state index contributed by atoms with van der Waals surface area (Å²) in [5.41, 5.74) is 0. The largest absolute Gasteiger partial charge is 0.493 e. The van der Waals surface area contributed by atoms with Gasteiger partial charge in [0, 0.05) is 25.5 Å². The van der Waals surface area contributed by atoms with Crippen LogP contribution in [0.4, 0.5) is 5.82 Å². The number of methoxy groups -OCH3 is 1. The Morgan fingerprint density at radius 2 is 1.91 bits per heavy atom. The number of nitrogens with zero attached hydrogens (tertiary/aromatic N) is 3. The maximum Gasteiger partial charge on any atom is 0.314 e. The molecule has 23 heavy (non-hydrogen) atoms. The summed E-state index contributed by atoms with van der Waals surface area (Å²) >= 11 is 0. The van der Waals surface area contributed by atoms with Crippen molar-refractivity contribution in [1.82, 2.24) is 9.97 Å². The summed E-state index contributed by atoms with van der Waals surface area (Å²) in [7, 11) is 1.56. The van der Waals surface area contributed by atoms with Gasteiger partial charge in [0.2, 0.25) is 0 Å². The van der Waals surface area contributed by atoms with Gasteiger partial charge in [0.15, 0.2) is 11.5 Å². The molecular formula is C17H19N3O3. The summed E-state index contributed by atoms with van der Waals surface area (Å²) in [6.07, 6.45) is 6.56. The second kappa shape index (κ2) is 7.09. The minimum absolute atomic E-state index is 0.104. The number of hydrogen-bond donors (Lipinski definition) is 0. The average Bonchev–Trinajstić information content (AvgIpc) is 2.63. The number of carbonyl (C=O) groups excluding carboxylic acids is 1. The molecular weight excluding hydrogens is 294 g/mol. The van der Waals surface area contributed by atoms with Crippen LogP contribution >= 0.6 is 0 Å². The lowest BCUT2D eigenvalue weighted by atomic mass is 9.97. The third-order valence-corrected chi connectivity index (χ3v) is 3.98. The number of para-hydroxylation sites is 2. The highest BCUT2D eigenvalue weighted by Crippen LogP contribution is 2.28. The zero-order valence-corrected chi connectivity index (χ0v) is 13.0. The predicted molar refractivity (Wildman–Crippen MR) is 85.6 cm³/mol. The molecule has 1 aliphatic rings. The van der Waals surface area contributed by atoms with Crippen LogP contribution in [0.1, 0.15) is 12.8 Å². The van der Waals surface area contributed by atoms with Crippen LogP contribution in [0.5, 0.6) is 11.5 Å². The fraction of sp³-hybridized carbons (Fsp3) is 0.353. The smallest absolute Gasteiger partial charge is 0.314 e. The van der Waals surface area contributed by atoms with Gasteiger partial charge in [-0.3, -0.25) is 9.78 Å². The van der Waals surface area contributed by atoms with E-state index in [2.05, 4.69) is 14.9 Å². The van der Waals surface area contributed by atoms with Crippen molar-refractivity contribution in [2.75, 3.05) is 25.1 Å². The highest BCUT2D eigenvalue weighted by atomic mass is 16.6. The van der Waals surface area contributed by atoms with E-state index in [1.165, 1.54) is 0 Å². The van der Waals surface area contributed by atoms with E-state index in [0.29, 0.717) is 11.5 Å². The number of esters is 1. The van der Waals surface area contributed by atoms with Crippen LogP contribution in [-0.4, -0.2) is 36.1 Å². The molecule has 6 heteroatoms. The molecule has 0 unspecified atom stereocenters. The lowest BCUT2D eigenvalue weighted by molar-refractivity contribution is -0.139. The van der Waals surface area contributed by atoms with Crippen molar-refractivity contribution >= 4 is 11.8 Å². The monoisotopic (exact) mass is 313 g/mol. The molecule has 2 heterocycles. The van der Waals surface area contributed by atoms with E-state index in [4.69, 9.17) is 9.47 Å². The Morgan fingerprint density at radius 1 is 1.17 bits per heavy atom. The maximum atomic E-state index is 12.4. The van der Waals surface area contributed by atoms with E-state index >= 15 is 0 Å². The molecule has 0 bridgehead atoms. The molecule has 0 spiro atoms. The van der Waals surface area contributed by atoms with Crippen LogP contribution in [0.2, 0.25) is 0 Å². The molecule has 0 amide bonds. The first-order chi connectivity index (χ1) is 11.3. The molecule has 0 saturated carbocycles. The first kappa shape index (κ1) is 15.3. The first-order valence-electron chi connectivity index (χ1n) is 7.63. The third-order valence-electron chi connectivity index (χ3n) is 3.98. The summed E-state index contributed by atoms with van der Waals surface area (Å²) in [5, 5.41) is 0. The van der Waals surface area contributed by atoms with Gasteiger partial charge < -0.3 is 14.4 Å². The fourth-order valence-electron chi connectivity index (χ4n) is 2.69. The molecule has 120 valence electrons. The summed E-state index contributed by atoms with van der Waals surface area (Å²) in [6.45, 7) is 1.54. The number of anilines is 1. The van der Waals surface area contributed by atoms with E-state index in [0.717, 1.165) is 31.7 Å². The Kier molecular flexibility index (Phi) is 4.71.